The molecule has 1 atom stereocenters. The van der Waals surface area contributed by atoms with Crippen LogP contribution in [0.4, 0.5) is 4.39 Å². The van der Waals surface area contributed by atoms with Crippen LogP contribution in [-0.4, -0.2) is 25.0 Å². The molecule has 2 aromatic carbocycles. The van der Waals surface area contributed by atoms with Crippen molar-refractivity contribution in [3.05, 3.63) is 65.0 Å². The summed E-state index contributed by atoms with van der Waals surface area (Å²) >= 11 is 0. The minimum Gasteiger partial charge on any atom is -0.497 e. The van der Waals surface area contributed by atoms with Gasteiger partial charge in [0, 0.05) is 12.6 Å². The Morgan fingerprint density at radius 3 is 2.57 bits per heavy atom. The molecule has 0 spiro atoms. The number of amides is 1. The minimum atomic E-state index is -0.270. The van der Waals surface area contributed by atoms with E-state index in [1.54, 1.807) is 37.3 Å². The van der Waals surface area contributed by atoms with Gasteiger partial charge in [-0.3, -0.25) is 4.79 Å². The molecule has 1 unspecified atom stereocenters. The highest BCUT2D eigenvalue weighted by molar-refractivity contribution is 5.97. The van der Waals surface area contributed by atoms with Crippen LogP contribution in [0.5, 0.6) is 5.75 Å². The molecule has 3 nitrogen and oxygen atoms in total. The first-order valence-corrected chi connectivity index (χ1v) is 6.79. The maximum atomic E-state index is 13.1. The molecule has 1 aliphatic heterocycles. The van der Waals surface area contributed by atoms with E-state index in [1.807, 2.05) is 12.1 Å². The zero-order valence-electron chi connectivity index (χ0n) is 12.0. The van der Waals surface area contributed by atoms with Crippen LogP contribution >= 0.6 is 0 Å². The van der Waals surface area contributed by atoms with Crippen molar-refractivity contribution < 1.29 is 13.9 Å². The Hall–Kier alpha value is -2.36. The second-order valence-corrected chi connectivity index (χ2v) is 5.21. The van der Waals surface area contributed by atoms with E-state index in [9.17, 15) is 9.18 Å². The summed E-state index contributed by atoms with van der Waals surface area (Å²) in [5.74, 6) is 0.369. The van der Waals surface area contributed by atoms with E-state index in [0.29, 0.717) is 17.7 Å². The molecular formula is C17H16FNO2. The van der Waals surface area contributed by atoms with E-state index in [2.05, 4.69) is 0 Å². The molecule has 0 saturated heterocycles. The van der Waals surface area contributed by atoms with Crippen LogP contribution in [0.1, 0.15) is 27.5 Å². The summed E-state index contributed by atoms with van der Waals surface area (Å²) in [6.07, 6.45) is 0.715. The van der Waals surface area contributed by atoms with Crippen molar-refractivity contribution in [3.63, 3.8) is 0 Å². The van der Waals surface area contributed by atoms with Gasteiger partial charge < -0.3 is 9.64 Å². The zero-order valence-corrected chi connectivity index (χ0v) is 12.0. The zero-order chi connectivity index (χ0) is 15.0. The number of carbonyl (C=O) groups is 1. The molecule has 0 saturated carbocycles. The molecule has 2 aromatic rings. The van der Waals surface area contributed by atoms with Crippen LogP contribution in [0.15, 0.2) is 42.5 Å². The fourth-order valence-corrected chi connectivity index (χ4v) is 2.76. The lowest BCUT2D eigenvalue weighted by Gasteiger charge is -2.34. The Kier molecular flexibility index (Phi) is 3.37. The third-order valence-electron chi connectivity index (χ3n) is 4.00. The standard InChI is InChI=1S/C17H16FNO2/c1-19-16(11-3-6-13(18)7-4-11)9-12-5-8-14(21-2)10-15(12)17(19)20/h3-8,10,16H,9H2,1-2H3. The highest BCUT2D eigenvalue weighted by Gasteiger charge is 2.30. The van der Waals surface area contributed by atoms with Crippen molar-refractivity contribution in [2.75, 3.05) is 14.2 Å². The number of fused-ring (bicyclic) bond motifs is 1. The summed E-state index contributed by atoms with van der Waals surface area (Å²) in [5.41, 5.74) is 2.61. The van der Waals surface area contributed by atoms with Crippen molar-refractivity contribution in [2.45, 2.75) is 12.5 Å². The number of benzene rings is 2. The van der Waals surface area contributed by atoms with E-state index < -0.39 is 0 Å². The normalized spacial score (nSPS) is 17.6. The molecule has 1 aliphatic rings. The minimum absolute atomic E-state index is 0.0375. The molecular weight excluding hydrogens is 269 g/mol. The number of carbonyl (C=O) groups excluding carboxylic acids is 1. The number of hydrogen-bond acceptors (Lipinski definition) is 2. The van der Waals surface area contributed by atoms with Crippen molar-refractivity contribution in [1.82, 2.24) is 4.90 Å². The molecule has 0 aliphatic carbocycles. The molecule has 1 heterocycles. The summed E-state index contributed by atoms with van der Waals surface area (Å²) < 4.78 is 18.2. The predicted octanol–water partition coefficient (Wildman–Crippen LogP) is 3.20. The fraction of sp³-hybridized carbons (Fsp3) is 0.235. The van der Waals surface area contributed by atoms with Gasteiger partial charge in [-0.15, -0.1) is 0 Å². The number of methoxy groups -OCH3 is 1. The van der Waals surface area contributed by atoms with Crippen LogP contribution in [0, 0.1) is 5.82 Å². The van der Waals surface area contributed by atoms with Crippen LogP contribution < -0.4 is 4.74 Å². The summed E-state index contributed by atoms with van der Waals surface area (Å²) in [6.45, 7) is 0. The first kappa shape index (κ1) is 13.6. The number of likely N-dealkylation sites (N-methyl/N-ethyl adjacent to an activating group) is 1. The Morgan fingerprint density at radius 1 is 1.19 bits per heavy atom. The second-order valence-electron chi connectivity index (χ2n) is 5.21. The van der Waals surface area contributed by atoms with Crippen molar-refractivity contribution in [1.29, 1.82) is 0 Å². The lowest BCUT2D eigenvalue weighted by molar-refractivity contribution is 0.0705. The number of hydrogen-bond donors (Lipinski definition) is 0. The molecule has 4 heteroatoms. The van der Waals surface area contributed by atoms with E-state index in [-0.39, 0.29) is 17.8 Å². The summed E-state index contributed by atoms with van der Waals surface area (Å²) in [5, 5.41) is 0. The van der Waals surface area contributed by atoms with Gasteiger partial charge >= 0.3 is 0 Å². The smallest absolute Gasteiger partial charge is 0.254 e. The van der Waals surface area contributed by atoms with Gasteiger partial charge in [0.15, 0.2) is 0 Å². The molecule has 3 rings (SSSR count). The van der Waals surface area contributed by atoms with E-state index in [1.165, 1.54) is 12.1 Å². The summed E-state index contributed by atoms with van der Waals surface area (Å²) in [4.78, 5) is 14.2. The Labute approximate surface area is 123 Å². The largest absolute Gasteiger partial charge is 0.497 e. The molecule has 108 valence electrons. The Balaban J connectivity index is 1.99. The molecule has 1 amide bonds. The topological polar surface area (TPSA) is 29.5 Å². The molecule has 0 aromatic heterocycles. The van der Waals surface area contributed by atoms with Crippen LogP contribution in [-0.2, 0) is 6.42 Å². The van der Waals surface area contributed by atoms with E-state index >= 15 is 0 Å². The number of nitrogens with zero attached hydrogens (tertiary/aromatic N) is 1. The first-order valence-electron chi connectivity index (χ1n) is 6.79. The van der Waals surface area contributed by atoms with Gasteiger partial charge in [-0.2, -0.15) is 0 Å². The molecule has 0 bridgehead atoms. The molecule has 21 heavy (non-hydrogen) atoms. The molecule has 0 fully saturated rings. The van der Waals surface area contributed by atoms with Gasteiger partial charge in [-0.05, 0) is 41.8 Å². The van der Waals surface area contributed by atoms with Gasteiger partial charge in [-0.25, -0.2) is 4.39 Å². The monoisotopic (exact) mass is 285 g/mol. The van der Waals surface area contributed by atoms with Gasteiger partial charge in [0.2, 0.25) is 0 Å². The van der Waals surface area contributed by atoms with Crippen LogP contribution in [0.3, 0.4) is 0 Å². The van der Waals surface area contributed by atoms with Crippen LogP contribution in [0.2, 0.25) is 0 Å². The predicted molar refractivity (Wildman–Crippen MR) is 77.9 cm³/mol. The van der Waals surface area contributed by atoms with Gasteiger partial charge in [-0.1, -0.05) is 18.2 Å². The van der Waals surface area contributed by atoms with Gasteiger partial charge in [0.1, 0.15) is 11.6 Å². The first-order chi connectivity index (χ1) is 10.1. The number of halogens is 1. The molecule has 0 radical (unpaired) electrons. The second kappa shape index (κ2) is 5.20. The van der Waals surface area contributed by atoms with Crippen LogP contribution in [0.25, 0.3) is 0 Å². The Morgan fingerprint density at radius 2 is 1.90 bits per heavy atom. The maximum absolute atomic E-state index is 13.1. The number of rotatable bonds is 2. The summed E-state index contributed by atoms with van der Waals surface area (Å²) in [6, 6.07) is 11.8. The van der Waals surface area contributed by atoms with Crippen molar-refractivity contribution in [3.8, 4) is 5.75 Å². The molecule has 0 N–H and O–H groups in total. The van der Waals surface area contributed by atoms with E-state index in [0.717, 1.165) is 11.1 Å². The average Bonchev–Trinajstić information content (AvgIpc) is 2.51. The summed E-state index contributed by atoms with van der Waals surface area (Å²) in [7, 11) is 3.36. The highest BCUT2D eigenvalue weighted by atomic mass is 19.1. The van der Waals surface area contributed by atoms with Gasteiger partial charge in [0.05, 0.1) is 13.2 Å². The van der Waals surface area contributed by atoms with Gasteiger partial charge in [0.25, 0.3) is 5.91 Å². The lowest BCUT2D eigenvalue weighted by atomic mass is 9.89. The maximum Gasteiger partial charge on any atom is 0.254 e. The van der Waals surface area contributed by atoms with E-state index in [4.69, 9.17) is 4.74 Å². The highest BCUT2D eigenvalue weighted by Crippen LogP contribution is 2.33. The number of ether oxygens (including phenoxy) is 1. The van der Waals surface area contributed by atoms with Crippen molar-refractivity contribution in [2.24, 2.45) is 0 Å². The van der Waals surface area contributed by atoms with Crippen molar-refractivity contribution >= 4 is 5.91 Å². The quantitative estimate of drug-likeness (QED) is 0.848. The lowest BCUT2D eigenvalue weighted by Crippen LogP contribution is -2.37. The third-order valence-corrected chi connectivity index (χ3v) is 4.00. The average molecular weight is 285 g/mol. The SMILES string of the molecule is COc1ccc2c(c1)C(=O)N(C)C(c1ccc(F)cc1)C2. The third kappa shape index (κ3) is 2.37. The Bertz CT molecular complexity index is 682. The fourth-order valence-electron chi connectivity index (χ4n) is 2.76.